The van der Waals surface area contributed by atoms with Crippen LogP contribution >= 0.6 is 0 Å². The van der Waals surface area contributed by atoms with Crippen LogP contribution in [0.3, 0.4) is 0 Å². The van der Waals surface area contributed by atoms with Gasteiger partial charge in [-0.2, -0.15) is 0 Å². The number of hydrogen-bond donors (Lipinski definition) is 1. The van der Waals surface area contributed by atoms with Gasteiger partial charge >= 0.3 is 0 Å². The predicted octanol–water partition coefficient (Wildman–Crippen LogP) is 1.70. The van der Waals surface area contributed by atoms with Crippen LogP contribution in [0.4, 0.5) is 0 Å². The van der Waals surface area contributed by atoms with Gasteiger partial charge in [0.25, 0.3) is 5.56 Å². The van der Waals surface area contributed by atoms with Gasteiger partial charge in [-0.15, -0.1) is 0 Å². The van der Waals surface area contributed by atoms with E-state index in [2.05, 4.69) is 13.8 Å². The molecule has 1 aromatic carbocycles. The van der Waals surface area contributed by atoms with Crippen LogP contribution in [0.5, 0.6) is 5.75 Å². The summed E-state index contributed by atoms with van der Waals surface area (Å²) >= 11 is 0. The SMILES string of the molecule is CC(C)Cn1c(=O)c2c(O)cccc2n1C. The number of nitrogens with zero attached hydrogens (tertiary/aromatic N) is 2. The van der Waals surface area contributed by atoms with E-state index in [1.807, 2.05) is 13.1 Å². The lowest BCUT2D eigenvalue weighted by Crippen LogP contribution is -2.23. The Hall–Kier alpha value is -1.71. The molecule has 1 N–H and O–H groups in total. The topological polar surface area (TPSA) is 47.2 Å². The van der Waals surface area contributed by atoms with Crippen LogP contribution in [-0.2, 0) is 13.6 Å². The molecule has 4 heteroatoms. The second-order valence-corrected chi connectivity index (χ2v) is 4.48. The lowest BCUT2D eigenvalue weighted by Gasteiger charge is -2.09. The molecule has 1 aromatic heterocycles. The fourth-order valence-corrected chi connectivity index (χ4v) is 1.96. The normalized spacial score (nSPS) is 11.5. The third-order valence-corrected chi connectivity index (χ3v) is 2.72. The highest BCUT2D eigenvalue weighted by molar-refractivity contribution is 5.84. The summed E-state index contributed by atoms with van der Waals surface area (Å²) in [6, 6.07) is 5.13. The summed E-state index contributed by atoms with van der Waals surface area (Å²) in [5.74, 6) is 0.448. The number of aromatic nitrogens is 2. The third kappa shape index (κ3) is 1.50. The molecule has 0 fully saturated rings. The molecule has 1 heterocycles. The maximum Gasteiger partial charge on any atom is 0.278 e. The van der Waals surface area contributed by atoms with Crippen molar-refractivity contribution < 1.29 is 5.11 Å². The van der Waals surface area contributed by atoms with Crippen LogP contribution in [0.25, 0.3) is 10.9 Å². The van der Waals surface area contributed by atoms with Crippen LogP contribution < -0.4 is 5.56 Å². The molecular weight excluding hydrogens is 204 g/mol. The van der Waals surface area contributed by atoms with Gasteiger partial charge in [-0.25, -0.2) is 4.68 Å². The number of phenolic OH excluding ortho intramolecular Hbond substituents is 1. The Bertz CT molecular complexity index is 578. The molecule has 0 aliphatic heterocycles. The average molecular weight is 220 g/mol. The molecule has 86 valence electrons. The van der Waals surface area contributed by atoms with E-state index in [0.717, 1.165) is 5.52 Å². The van der Waals surface area contributed by atoms with Crippen molar-refractivity contribution in [1.82, 2.24) is 9.36 Å². The van der Waals surface area contributed by atoms with Crippen molar-refractivity contribution in [3.05, 3.63) is 28.6 Å². The maximum atomic E-state index is 12.1. The number of aryl methyl sites for hydroxylation is 1. The number of benzene rings is 1. The zero-order valence-electron chi connectivity index (χ0n) is 9.77. The highest BCUT2D eigenvalue weighted by Crippen LogP contribution is 2.21. The van der Waals surface area contributed by atoms with E-state index < -0.39 is 0 Å². The van der Waals surface area contributed by atoms with Gasteiger partial charge in [-0.3, -0.25) is 9.48 Å². The van der Waals surface area contributed by atoms with Crippen molar-refractivity contribution in [3.63, 3.8) is 0 Å². The zero-order chi connectivity index (χ0) is 11.9. The first-order valence-electron chi connectivity index (χ1n) is 5.40. The Kier molecular flexibility index (Phi) is 2.50. The van der Waals surface area contributed by atoms with Crippen LogP contribution in [-0.4, -0.2) is 14.5 Å². The van der Waals surface area contributed by atoms with Gasteiger partial charge in [0.15, 0.2) is 0 Å². The van der Waals surface area contributed by atoms with Crippen LogP contribution in [0, 0.1) is 5.92 Å². The van der Waals surface area contributed by atoms with Crippen LogP contribution in [0.15, 0.2) is 23.0 Å². The first-order valence-corrected chi connectivity index (χ1v) is 5.40. The van der Waals surface area contributed by atoms with E-state index in [-0.39, 0.29) is 11.3 Å². The molecule has 4 nitrogen and oxygen atoms in total. The first-order chi connectivity index (χ1) is 7.52. The summed E-state index contributed by atoms with van der Waals surface area (Å²) in [6.45, 7) is 4.78. The van der Waals surface area contributed by atoms with Gasteiger partial charge in [0, 0.05) is 13.6 Å². The molecule has 0 aliphatic rings. The standard InChI is InChI=1S/C12H16N2O2/c1-8(2)7-14-12(16)11-9(13(14)3)5-4-6-10(11)15/h4-6,8,15H,7H2,1-3H3. The predicted molar refractivity (Wildman–Crippen MR) is 63.7 cm³/mol. The molecule has 0 atom stereocenters. The van der Waals surface area contributed by atoms with Crippen molar-refractivity contribution in [2.45, 2.75) is 20.4 Å². The molecule has 0 unspecified atom stereocenters. The molecular formula is C12H16N2O2. The number of aromatic hydroxyl groups is 1. The first kappa shape index (κ1) is 10.8. The molecule has 0 radical (unpaired) electrons. The summed E-state index contributed by atoms with van der Waals surface area (Å²) in [5.41, 5.74) is 0.648. The second kappa shape index (κ2) is 3.70. The van der Waals surface area contributed by atoms with Crippen molar-refractivity contribution in [2.24, 2.45) is 13.0 Å². The Morgan fingerprint density at radius 1 is 1.38 bits per heavy atom. The largest absolute Gasteiger partial charge is 0.507 e. The molecule has 0 spiro atoms. The lowest BCUT2D eigenvalue weighted by molar-refractivity contribution is 0.424. The van der Waals surface area contributed by atoms with E-state index in [4.69, 9.17) is 0 Å². The zero-order valence-corrected chi connectivity index (χ0v) is 9.77. The van der Waals surface area contributed by atoms with Gasteiger partial charge in [0.05, 0.1) is 5.52 Å². The quantitative estimate of drug-likeness (QED) is 0.837. The van der Waals surface area contributed by atoms with Crippen molar-refractivity contribution in [3.8, 4) is 5.75 Å². The second-order valence-electron chi connectivity index (χ2n) is 4.48. The van der Waals surface area contributed by atoms with E-state index >= 15 is 0 Å². The maximum absolute atomic E-state index is 12.1. The fraction of sp³-hybridized carbons (Fsp3) is 0.417. The number of phenols is 1. The van der Waals surface area contributed by atoms with E-state index in [1.165, 1.54) is 0 Å². The van der Waals surface area contributed by atoms with E-state index in [0.29, 0.717) is 17.8 Å². The summed E-state index contributed by atoms with van der Waals surface area (Å²) in [4.78, 5) is 12.1. The van der Waals surface area contributed by atoms with Crippen molar-refractivity contribution in [2.75, 3.05) is 0 Å². The third-order valence-electron chi connectivity index (χ3n) is 2.72. The minimum absolute atomic E-state index is 0.0561. The molecule has 16 heavy (non-hydrogen) atoms. The minimum Gasteiger partial charge on any atom is -0.507 e. The molecule has 0 amide bonds. The summed E-state index contributed by atoms with van der Waals surface area (Å²) < 4.78 is 3.46. The minimum atomic E-state index is -0.121. The van der Waals surface area contributed by atoms with Gasteiger partial charge in [0.2, 0.25) is 0 Å². The smallest absolute Gasteiger partial charge is 0.278 e. The Balaban J connectivity index is 2.77. The summed E-state index contributed by atoms with van der Waals surface area (Å²) in [5, 5.41) is 10.1. The number of fused-ring (bicyclic) bond motifs is 1. The molecule has 0 saturated carbocycles. The Morgan fingerprint density at radius 2 is 2.06 bits per heavy atom. The van der Waals surface area contributed by atoms with Gasteiger partial charge in [0.1, 0.15) is 11.1 Å². The van der Waals surface area contributed by atoms with Gasteiger partial charge in [-0.1, -0.05) is 19.9 Å². The molecule has 0 saturated heterocycles. The Labute approximate surface area is 93.7 Å². The average Bonchev–Trinajstić information content (AvgIpc) is 2.44. The van der Waals surface area contributed by atoms with Crippen molar-refractivity contribution >= 4 is 10.9 Å². The fourth-order valence-electron chi connectivity index (χ4n) is 1.96. The molecule has 0 bridgehead atoms. The van der Waals surface area contributed by atoms with Crippen molar-refractivity contribution in [1.29, 1.82) is 0 Å². The van der Waals surface area contributed by atoms with Gasteiger partial charge in [-0.05, 0) is 18.1 Å². The summed E-state index contributed by atoms with van der Waals surface area (Å²) in [7, 11) is 1.84. The van der Waals surface area contributed by atoms with Crippen LogP contribution in [0.2, 0.25) is 0 Å². The van der Waals surface area contributed by atoms with E-state index in [1.54, 1.807) is 21.5 Å². The van der Waals surface area contributed by atoms with E-state index in [9.17, 15) is 9.90 Å². The monoisotopic (exact) mass is 220 g/mol. The molecule has 2 rings (SSSR count). The molecule has 0 aliphatic carbocycles. The lowest BCUT2D eigenvalue weighted by atomic mass is 10.2. The summed E-state index contributed by atoms with van der Waals surface area (Å²) in [6.07, 6.45) is 0. The van der Waals surface area contributed by atoms with Crippen LogP contribution in [0.1, 0.15) is 13.8 Å². The highest BCUT2D eigenvalue weighted by Gasteiger charge is 2.14. The molecule has 2 aromatic rings. The number of hydrogen-bond acceptors (Lipinski definition) is 2. The number of rotatable bonds is 2. The van der Waals surface area contributed by atoms with Gasteiger partial charge < -0.3 is 5.11 Å². The highest BCUT2D eigenvalue weighted by atomic mass is 16.3. The Morgan fingerprint density at radius 3 is 2.62 bits per heavy atom.